The summed E-state index contributed by atoms with van der Waals surface area (Å²) < 4.78 is 13.2. The number of anilines is 1. The molecule has 8 nitrogen and oxygen atoms in total. The Balaban J connectivity index is 1.24. The number of amides is 1. The van der Waals surface area contributed by atoms with Crippen LogP contribution in [-0.2, 0) is 9.53 Å². The number of fused-ring (bicyclic) bond motifs is 3. The van der Waals surface area contributed by atoms with Crippen molar-refractivity contribution in [3.05, 3.63) is 53.7 Å². The summed E-state index contributed by atoms with van der Waals surface area (Å²) in [6.07, 6.45) is 7.12. The lowest BCUT2D eigenvalue weighted by Gasteiger charge is -2.55. The molecule has 3 fully saturated rings. The van der Waals surface area contributed by atoms with Crippen LogP contribution in [0, 0.1) is 11.3 Å². The third-order valence-electron chi connectivity index (χ3n) is 9.15. The predicted octanol–water partition coefficient (Wildman–Crippen LogP) is 4.70. The molecule has 0 aliphatic carbocycles. The van der Waals surface area contributed by atoms with E-state index in [1.807, 2.05) is 42.2 Å². The lowest BCUT2D eigenvalue weighted by atomic mass is 9.64. The summed E-state index contributed by atoms with van der Waals surface area (Å²) in [6, 6.07) is 11.7. The molecule has 0 saturated carbocycles. The van der Waals surface area contributed by atoms with Gasteiger partial charge in [0, 0.05) is 61.3 Å². The number of carboxylic acid groups (broad SMARTS) is 1. The van der Waals surface area contributed by atoms with E-state index in [1.165, 1.54) is 0 Å². The molecule has 8 heteroatoms. The quantitative estimate of drug-likeness (QED) is 0.612. The molecule has 6 rings (SSSR count). The zero-order valence-electron chi connectivity index (χ0n) is 22.1. The zero-order valence-corrected chi connectivity index (χ0v) is 22.1. The van der Waals surface area contributed by atoms with Crippen molar-refractivity contribution >= 4 is 17.7 Å². The molecule has 1 amide bonds. The largest absolute Gasteiger partial charge is 0.487 e. The Morgan fingerprint density at radius 2 is 1.95 bits per heavy atom. The molecule has 0 unspecified atom stereocenters. The molecule has 0 radical (unpaired) electrons. The van der Waals surface area contributed by atoms with Crippen LogP contribution < -0.4 is 9.64 Å². The van der Waals surface area contributed by atoms with Gasteiger partial charge >= 0.3 is 5.97 Å². The van der Waals surface area contributed by atoms with Gasteiger partial charge in [-0.05, 0) is 63.6 Å². The van der Waals surface area contributed by atoms with Crippen LogP contribution in [0.15, 0.2) is 42.6 Å². The molecule has 4 atom stereocenters. The molecule has 1 aromatic carbocycles. The second kappa shape index (κ2) is 9.88. The molecule has 38 heavy (non-hydrogen) atoms. The number of nitrogens with zero attached hydrogens (tertiary/aromatic N) is 3. The number of aliphatic carboxylic acids is 1. The van der Waals surface area contributed by atoms with Crippen molar-refractivity contribution in [3.63, 3.8) is 0 Å². The fraction of sp³-hybridized carbons (Fsp3) is 0.567. The van der Waals surface area contributed by atoms with Gasteiger partial charge in [-0.1, -0.05) is 18.2 Å². The topological polar surface area (TPSA) is 92.2 Å². The third-order valence-corrected chi connectivity index (χ3v) is 9.15. The number of benzene rings is 1. The molecule has 4 aliphatic rings. The summed E-state index contributed by atoms with van der Waals surface area (Å²) in [7, 11) is 0. The molecule has 1 spiro atoms. The van der Waals surface area contributed by atoms with Gasteiger partial charge in [0.2, 0.25) is 0 Å². The van der Waals surface area contributed by atoms with Crippen molar-refractivity contribution in [2.45, 2.75) is 63.6 Å². The Bertz CT molecular complexity index is 1210. The SMILES string of the molecule is C[C@]1(CCC(=O)O)Oc2ccccc2[C@@H]2OC[C@]3(CCCN(C(=O)c4ccnc(N5CCCC5)c4)C3)C[C@H]21. The van der Waals surface area contributed by atoms with Gasteiger partial charge in [-0.2, -0.15) is 0 Å². The maximum absolute atomic E-state index is 13.7. The Kier molecular flexibility index (Phi) is 6.54. The summed E-state index contributed by atoms with van der Waals surface area (Å²) >= 11 is 0. The van der Waals surface area contributed by atoms with E-state index in [1.54, 1.807) is 6.20 Å². The highest BCUT2D eigenvalue weighted by Gasteiger charge is 2.55. The maximum Gasteiger partial charge on any atom is 0.303 e. The molecule has 1 N–H and O–H groups in total. The van der Waals surface area contributed by atoms with Gasteiger partial charge < -0.3 is 24.4 Å². The van der Waals surface area contributed by atoms with Gasteiger partial charge in [-0.25, -0.2) is 4.98 Å². The van der Waals surface area contributed by atoms with Gasteiger partial charge in [0.1, 0.15) is 17.2 Å². The highest BCUT2D eigenvalue weighted by atomic mass is 16.5. The minimum absolute atomic E-state index is 0.00301. The summed E-state index contributed by atoms with van der Waals surface area (Å²) in [5.41, 5.74) is 0.886. The van der Waals surface area contributed by atoms with Crippen molar-refractivity contribution in [1.82, 2.24) is 9.88 Å². The molecule has 3 saturated heterocycles. The molecule has 5 heterocycles. The van der Waals surface area contributed by atoms with E-state index >= 15 is 0 Å². The van der Waals surface area contributed by atoms with Crippen LogP contribution in [0.3, 0.4) is 0 Å². The number of hydrogen-bond donors (Lipinski definition) is 1. The van der Waals surface area contributed by atoms with E-state index in [2.05, 4.69) is 16.0 Å². The second-order valence-electron chi connectivity index (χ2n) is 11.8. The second-order valence-corrected chi connectivity index (χ2v) is 11.8. The maximum atomic E-state index is 13.7. The number of hydrogen-bond acceptors (Lipinski definition) is 6. The number of rotatable bonds is 5. The van der Waals surface area contributed by atoms with Gasteiger partial charge in [-0.15, -0.1) is 0 Å². The van der Waals surface area contributed by atoms with Gasteiger partial charge in [-0.3, -0.25) is 9.59 Å². The molecule has 2 aromatic rings. The van der Waals surface area contributed by atoms with Crippen molar-refractivity contribution in [3.8, 4) is 5.75 Å². The molecule has 0 bridgehead atoms. The zero-order chi connectivity index (χ0) is 26.3. The molecule has 202 valence electrons. The van der Waals surface area contributed by atoms with Crippen LogP contribution in [0.25, 0.3) is 0 Å². The Labute approximate surface area is 223 Å². The first-order valence-electron chi connectivity index (χ1n) is 14.0. The van der Waals surface area contributed by atoms with Crippen LogP contribution in [-0.4, -0.2) is 65.3 Å². The van der Waals surface area contributed by atoms with Crippen LogP contribution >= 0.6 is 0 Å². The number of ether oxygens (including phenoxy) is 2. The fourth-order valence-electron chi connectivity index (χ4n) is 7.10. The van der Waals surface area contributed by atoms with Crippen LogP contribution in [0.4, 0.5) is 5.82 Å². The minimum atomic E-state index is -0.822. The number of carboxylic acids is 1. The van der Waals surface area contributed by atoms with Crippen molar-refractivity contribution in [2.24, 2.45) is 11.3 Å². The number of piperidine rings is 1. The fourth-order valence-corrected chi connectivity index (χ4v) is 7.10. The van der Waals surface area contributed by atoms with E-state index in [9.17, 15) is 14.7 Å². The number of para-hydroxylation sites is 1. The van der Waals surface area contributed by atoms with Gasteiger partial charge in [0.05, 0.1) is 12.7 Å². The predicted molar refractivity (Wildman–Crippen MR) is 142 cm³/mol. The van der Waals surface area contributed by atoms with E-state index in [0.717, 1.165) is 68.9 Å². The van der Waals surface area contributed by atoms with Gasteiger partial charge in [0.25, 0.3) is 5.91 Å². The number of aromatic nitrogens is 1. The van der Waals surface area contributed by atoms with Gasteiger partial charge in [0.15, 0.2) is 0 Å². The summed E-state index contributed by atoms with van der Waals surface area (Å²) in [4.78, 5) is 34.0. The third kappa shape index (κ3) is 4.64. The average Bonchev–Trinajstić information content (AvgIpc) is 3.47. The molecular weight excluding hydrogens is 482 g/mol. The monoisotopic (exact) mass is 519 g/mol. The highest BCUT2D eigenvalue weighted by Crippen LogP contribution is 2.56. The Morgan fingerprint density at radius 1 is 1.13 bits per heavy atom. The van der Waals surface area contributed by atoms with E-state index in [-0.39, 0.29) is 29.8 Å². The summed E-state index contributed by atoms with van der Waals surface area (Å²) in [5, 5.41) is 9.45. The first kappa shape index (κ1) is 25.2. The highest BCUT2D eigenvalue weighted by molar-refractivity contribution is 5.95. The van der Waals surface area contributed by atoms with E-state index < -0.39 is 11.6 Å². The number of carbonyl (C=O) groups excluding carboxylic acids is 1. The number of pyridine rings is 1. The minimum Gasteiger partial charge on any atom is -0.487 e. The first-order valence-corrected chi connectivity index (χ1v) is 14.0. The average molecular weight is 520 g/mol. The summed E-state index contributed by atoms with van der Waals surface area (Å²) in [5.74, 6) is 0.897. The number of carbonyl (C=O) groups is 2. The lowest BCUT2D eigenvalue weighted by Crippen LogP contribution is -2.57. The standard InChI is InChI=1S/C30H37N3O5/c1-29(12-9-26(34)35)23-18-30(20-37-27(23)22-7-2-3-8-24(22)38-29)11-6-16-33(19-30)28(36)21-10-13-31-25(17-21)32-14-4-5-15-32/h2-3,7-8,10,13,17,23,27H,4-6,9,11-12,14-16,18-20H2,1H3,(H,34,35)/t23-,27+,29-,30-/m1/s1. The lowest BCUT2D eigenvalue weighted by molar-refractivity contribution is -0.181. The Morgan fingerprint density at radius 3 is 2.76 bits per heavy atom. The Hall–Kier alpha value is -3.13. The van der Waals surface area contributed by atoms with Crippen LogP contribution in [0.2, 0.25) is 0 Å². The van der Waals surface area contributed by atoms with Crippen LogP contribution in [0.5, 0.6) is 5.75 Å². The first-order chi connectivity index (χ1) is 18.4. The van der Waals surface area contributed by atoms with E-state index in [0.29, 0.717) is 25.1 Å². The van der Waals surface area contributed by atoms with Crippen molar-refractivity contribution in [1.29, 1.82) is 0 Å². The summed E-state index contributed by atoms with van der Waals surface area (Å²) in [6.45, 7) is 5.95. The van der Waals surface area contributed by atoms with Crippen molar-refractivity contribution < 1.29 is 24.2 Å². The number of likely N-dealkylation sites (tertiary alicyclic amines) is 1. The van der Waals surface area contributed by atoms with Crippen LogP contribution in [0.1, 0.15) is 73.9 Å². The van der Waals surface area contributed by atoms with E-state index in [4.69, 9.17) is 9.47 Å². The molecular formula is C30H37N3O5. The molecule has 1 aromatic heterocycles. The van der Waals surface area contributed by atoms with Crippen molar-refractivity contribution in [2.75, 3.05) is 37.7 Å². The smallest absolute Gasteiger partial charge is 0.303 e. The molecule has 4 aliphatic heterocycles. The normalized spacial score (nSPS) is 30.4.